The van der Waals surface area contributed by atoms with E-state index in [1.165, 1.54) is 18.9 Å². The van der Waals surface area contributed by atoms with E-state index in [2.05, 4.69) is 0 Å². The first-order valence-electron chi connectivity index (χ1n) is 6.85. The molecule has 0 spiro atoms. The molecule has 2 aliphatic heterocycles. The van der Waals surface area contributed by atoms with Crippen LogP contribution in [-0.2, 0) is 14.3 Å². The molecule has 2 N–H and O–H groups in total. The molecule has 1 aromatic carbocycles. The third-order valence-corrected chi connectivity index (χ3v) is 5.30. The van der Waals surface area contributed by atoms with E-state index in [0.29, 0.717) is 10.7 Å². The van der Waals surface area contributed by atoms with Gasteiger partial charge in [0.2, 0.25) is 0 Å². The lowest BCUT2D eigenvalue weighted by Crippen LogP contribution is -2.73. The summed E-state index contributed by atoms with van der Waals surface area (Å²) in [5.74, 6) is -1.15. The van der Waals surface area contributed by atoms with Crippen molar-refractivity contribution in [3.05, 3.63) is 40.9 Å². The monoisotopic (exact) mass is 337 g/mol. The number of fused-ring (bicyclic) bond motifs is 1. The number of carboxylic acids is 1. The summed E-state index contributed by atoms with van der Waals surface area (Å²) in [4.78, 5) is 25.3. The minimum absolute atomic E-state index is 0.0296. The van der Waals surface area contributed by atoms with Crippen LogP contribution in [0.25, 0.3) is 0 Å². The molecule has 0 radical (unpaired) electrons. The second-order valence-corrected chi connectivity index (χ2v) is 6.25. The van der Waals surface area contributed by atoms with Gasteiger partial charge in [-0.05, 0) is 12.1 Å². The molecule has 1 aromatic rings. The highest BCUT2D eigenvalue weighted by atomic mass is 32.2. The van der Waals surface area contributed by atoms with Gasteiger partial charge in [-0.3, -0.25) is 9.69 Å². The highest BCUT2D eigenvalue weighted by Crippen LogP contribution is 2.52. The molecule has 0 aliphatic carbocycles. The Morgan fingerprint density at radius 1 is 1.39 bits per heavy atom. The van der Waals surface area contributed by atoms with E-state index in [9.17, 15) is 19.8 Å². The van der Waals surface area contributed by atoms with E-state index in [1.807, 2.05) is 18.2 Å². The number of amides is 1. The Balaban J connectivity index is 1.83. The van der Waals surface area contributed by atoms with E-state index in [0.717, 1.165) is 4.90 Å². The van der Waals surface area contributed by atoms with Crippen LogP contribution in [0.5, 0.6) is 5.75 Å². The summed E-state index contributed by atoms with van der Waals surface area (Å²) >= 11 is 1.17. The number of ether oxygens (including phenoxy) is 2. The summed E-state index contributed by atoms with van der Waals surface area (Å²) < 4.78 is 10.7. The Kier molecular flexibility index (Phi) is 4.05. The van der Waals surface area contributed by atoms with Crippen molar-refractivity contribution in [3.8, 4) is 5.75 Å². The molecule has 1 amide bonds. The summed E-state index contributed by atoms with van der Waals surface area (Å²) in [5.41, 5.74) is -1.50. The molecule has 2 aliphatic rings. The largest absolute Gasteiger partial charge is 0.488 e. The molecule has 1 fully saturated rings. The molecule has 0 unspecified atom stereocenters. The molecule has 0 bridgehead atoms. The number of nitrogens with zero attached hydrogens (tertiary/aromatic N) is 1. The van der Waals surface area contributed by atoms with Crippen LogP contribution in [0, 0.1) is 0 Å². The van der Waals surface area contributed by atoms with Crippen LogP contribution in [0.2, 0.25) is 0 Å². The number of aliphatic hydroxyl groups excluding tert-OH is 1. The summed E-state index contributed by atoms with van der Waals surface area (Å²) in [7, 11) is 1.32. The van der Waals surface area contributed by atoms with Crippen LogP contribution in [-0.4, -0.2) is 58.3 Å². The maximum absolute atomic E-state index is 12.3. The third kappa shape index (κ3) is 2.30. The van der Waals surface area contributed by atoms with E-state index >= 15 is 0 Å². The fraction of sp³-hybridized carbons (Fsp3) is 0.333. The van der Waals surface area contributed by atoms with E-state index in [4.69, 9.17) is 9.47 Å². The van der Waals surface area contributed by atoms with Gasteiger partial charge in [0.25, 0.3) is 5.91 Å². The number of β-lactam (4-membered cyclic amide) rings is 1. The second-order valence-electron chi connectivity index (χ2n) is 5.08. The van der Waals surface area contributed by atoms with Gasteiger partial charge in [-0.15, -0.1) is 0 Å². The smallest absolute Gasteiger partial charge is 0.353 e. The van der Waals surface area contributed by atoms with E-state index in [-0.39, 0.29) is 12.3 Å². The van der Waals surface area contributed by atoms with E-state index in [1.54, 1.807) is 12.1 Å². The van der Waals surface area contributed by atoms with Gasteiger partial charge in [-0.1, -0.05) is 30.0 Å². The molecule has 8 heteroatoms. The summed E-state index contributed by atoms with van der Waals surface area (Å²) in [6.45, 7) is -0.474. The Morgan fingerprint density at radius 2 is 2.09 bits per heavy atom. The molecular formula is C15H15NO6S. The van der Waals surface area contributed by atoms with Gasteiger partial charge in [0.05, 0.1) is 11.5 Å². The summed E-state index contributed by atoms with van der Waals surface area (Å²) in [5, 5.41) is 18.3. The van der Waals surface area contributed by atoms with Crippen molar-refractivity contribution in [1.29, 1.82) is 0 Å². The third-order valence-electron chi connectivity index (χ3n) is 3.89. The first kappa shape index (κ1) is 15.9. The van der Waals surface area contributed by atoms with Gasteiger partial charge in [0.1, 0.15) is 23.4 Å². The van der Waals surface area contributed by atoms with Crippen molar-refractivity contribution in [2.24, 2.45) is 0 Å². The van der Waals surface area contributed by atoms with Crippen LogP contribution < -0.4 is 4.74 Å². The fourth-order valence-corrected chi connectivity index (χ4v) is 4.10. The highest BCUT2D eigenvalue weighted by Gasteiger charge is 2.67. The average Bonchev–Trinajstić information content (AvgIpc) is 2.92. The van der Waals surface area contributed by atoms with Gasteiger partial charge < -0.3 is 19.7 Å². The molecule has 0 aromatic heterocycles. The number of aliphatic hydroxyl groups is 1. The van der Waals surface area contributed by atoms with Crippen molar-refractivity contribution < 1.29 is 29.3 Å². The Bertz CT molecular complexity index is 670. The first-order valence-corrected chi connectivity index (χ1v) is 7.73. The van der Waals surface area contributed by atoms with Crippen LogP contribution in [0.1, 0.15) is 0 Å². The lowest BCUT2D eigenvalue weighted by molar-refractivity contribution is -0.189. The summed E-state index contributed by atoms with van der Waals surface area (Å²) in [6.07, 6.45) is 0. The number of thioether (sulfide) groups is 1. The quantitative estimate of drug-likeness (QED) is 0.736. The SMILES string of the molecule is CO[C@@]1(CO)C(=O)N2C(C(=O)O)=C(COc3ccccc3)S[C@@H]21. The molecule has 23 heavy (non-hydrogen) atoms. The number of hydrogen-bond acceptors (Lipinski definition) is 6. The van der Waals surface area contributed by atoms with Gasteiger partial charge in [-0.25, -0.2) is 4.79 Å². The number of rotatable bonds is 6. The Labute approximate surface area is 136 Å². The van der Waals surface area contributed by atoms with Crippen LogP contribution >= 0.6 is 11.8 Å². The van der Waals surface area contributed by atoms with E-state index < -0.39 is 29.5 Å². The minimum atomic E-state index is -1.39. The lowest BCUT2D eigenvalue weighted by atomic mass is 9.92. The molecule has 3 rings (SSSR count). The highest BCUT2D eigenvalue weighted by molar-refractivity contribution is 8.04. The zero-order valence-electron chi connectivity index (χ0n) is 12.3. The number of carbonyl (C=O) groups excluding carboxylic acids is 1. The predicted molar refractivity (Wildman–Crippen MR) is 81.6 cm³/mol. The zero-order chi connectivity index (χ0) is 16.6. The van der Waals surface area contributed by atoms with Gasteiger partial charge in [-0.2, -0.15) is 0 Å². The number of aliphatic carboxylic acids is 1. The number of methoxy groups -OCH3 is 1. The predicted octanol–water partition coefficient (Wildman–Crippen LogP) is 0.654. The van der Waals surface area contributed by atoms with Gasteiger partial charge in [0, 0.05) is 7.11 Å². The molecule has 2 heterocycles. The van der Waals surface area contributed by atoms with Crippen molar-refractivity contribution in [2.45, 2.75) is 11.0 Å². The normalized spacial score (nSPS) is 26.1. The molecule has 7 nitrogen and oxygen atoms in total. The lowest BCUT2D eigenvalue weighted by Gasteiger charge is -2.49. The van der Waals surface area contributed by atoms with Crippen molar-refractivity contribution in [2.75, 3.05) is 20.3 Å². The maximum atomic E-state index is 12.3. The van der Waals surface area contributed by atoms with Crippen molar-refractivity contribution in [1.82, 2.24) is 4.90 Å². The molecule has 2 atom stereocenters. The minimum Gasteiger partial charge on any atom is -0.488 e. The zero-order valence-corrected chi connectivity index (χ0v) is 13.1. The standard InChI is InChI=1S/C15H15NO6S/c1-21-15(8-17)13(20)16-11(12(18)19)10(23-14(15)16)7-22-9-5-3-2-4-6-9/h2-6,14,17H,7-8H2,1H3,(H,18,19)/t14-,15+/m1/s1. The van der Waals surface area contributed by atoms with Gasteiger partial charge in [0.15, 0.2) is 5.60 Å². The molecule has 1 saturated heterocycles. The molecular weight excluding hydrogens is 322 g/mol. The number of carbonyl (C=O) groups is 2. The number of hydrogen-bond donors (Lipinski definition) is 2. The van der Waals surface area contributed by atoms with Gasteiger partial charge >= 0.3 is 5.97 Å². The average molecular weight is 337 g/mol. The molecule has 0 saturated carbocycles. The van der Waals surface area contributed by atoms with Crippen molar-refractivity contribution >= 4 is 23.6 Å². The maximum Gasteiger partial charge on any atom is 0.353 e. The Hall–Kier alpha value is -2.03. The number of carboxylic acid groups (broad SMARTS) is 1. The molecule has 122 valence electrons. The number of para-hydroxylation sites is 1. The fourth-order valence-electron chi connectivity index (χ4n) is 2.64. The Morgan fingerprint density at radius 3 is 2.65 bits per heavy atom. The van der Waals surface area contributed by atoms with Crippen LogP contribution in [0.3, 0.4) is 0 Å². The summed E-state index contributed by atoms with van der Waals surface area (Å²) in [6, 6.07) is 8.98. The van der Waals surface area contributed by atoms with Crippen molar-refractivity contribution in [3.63, 3.8) is 0 Å². The topological polar surface area (TPSA) is 96.3 Å². The first-order chi connectivity index (χ1) is 11.0. The second kappa shape index (κ2) is 5.88. The van der Waals surface area contributed by atoms with Crippen LogP contribution in [0.4, 0.5) is 0 Å². The number of benzene rings is 1. The van der Waals surface area contributed by atoms with Crippen LogP contribution in [0.15, 0.2) is 40.9 Å².